The molecule has 0 saturated heterocycles. The summed E-state index contributed by atoms with van der Waals surface area (Å²) in [5.74, 6) is 1.68. The molecule has 0 aromatic carbocycles. The summed E-state index contributed by atoms with van der Waals surface area (Å²) in [4.78, 5) is 14.0. The lowest BCUT2D eigenvalue weighted by Crippen LogP contribution is -2.10. The molecule has 0 bridgehead atoms. The van der Waals surface area contributed by atoms with Gasteiger partial charge in [0, 0.05) is 23.7 Å². The average Bonchev–Trinajstić information content (AvgIpc) is 2.87. The first kappa shape index (κ1) is 14.5. The Bertz CT molecular complexity index is 568. The third-order valence-corrected chi connectivity index (χ3v) is 4.08. The highest BCUT2D eigenvalue weighted by Gasteiger charge is 2.11. The number of nitrogens with zero attached hydrogens (tertiary/aromatic N) is 3. The van der Waals surface area contributed by atoms with Gasteiger partial charge in [0.05, 0.1) is 6.04 Å². The summed E-state index contributed by atoms with van der Waals surface area (Å²) in [7, 11) is 0. The van der Waals surface area contributed by atoms with E-state index in [0.29, 0.717) is 5.82 Å². The number of thiazole rings is 1. The Labute approximate surface area is 122 Å². The van der Waals surface area contributed by atoms with E-state index in [1.807, 2.05) is 19.2 Å². The lowest BCUT2D eigenvalue weighted by atomic mass is 10.3. The van der Waals surface area contributed by atoms with Crippen molar-refractivity contribution in [2.24, 2.45) is 0 Å². The molecule has 0 amide bonds. The van der Waals surface area contributed by atoms with Gasteiger partial charge in [-0.1, -0.05) is 6.92 Å². The fourth-order valence-corrected chi connectivity index (χ4v) is 2.64. The quantitative estimate of drug-likeness (QED) is 0.758. The van der Waals surface area contributed by atoms with Crippen molar-refractivity contribution in [3.05, 3.63) is 22.1 Å². The first-order valence-electron chi connectivity index (χ1n) is 6.72. The Morgan fingerprint density at radius 3 is 2.70 bits per heavy atom. The van der Waals surface area contributed by atoms with E-state index in [0.717, 1.165) is 23.8 Å². The smallest absolute Gasteiger partial charge is 0.223 e. The molecule has 0 radical (unpaired) electrons. The molecule has 108 valence electrons. The molecule has 7 heteroatoms. The van der Waals surface area contributed by atoms with E-state index >= 15 is 0 Å². The molecule has 0 fully saturated rings. The summed E-state index contributed by atoms with van der Waals surface area (Å²) in [6.45, 7) is 6.99. The molecule has 1 atom stereocenters. The van der Waals surface area contributed by atoms with Gasteiger partial charge in [0.1, 0.15) is 16.6 Å². The fraction of sp³-hybridized carbons (Fsp3) is 0.462. The molecule has 0 aliphatic rings. The van der Waals surface area contributed by atoms with Crippen LogP contribution in [-0.2, 0) is 6.42 Å². The van der Waals surface area contributed by atoms with Gasteiger partial charge in [0.25, 0.3) is 0 Å². The minimum Gasteiger partial charge on any atom is -0.370 e. The summed E-state index contributed by atoms with van der Waals surface area (Å²) >= 11 is 1.71. The van der Waals surface area contributed by atoms with Crippen molar-refractivity contribution < 1.29 is 0 Å². The van der Waals surface area contributed by atoms with Crippen LogP contribution in [0.15, 0.2) is 12.3 Å². The van der Waals surface area contributed by atoms with Gasteiger partial charge in [0.2, 0.25) is 5.95 Å². The van der Waals surface area contributed by atoms with Crippen LogP contribution in [-0.4, -0.2) is 21.5 Å². The maximum Gasteiger partial charge on any atom is 0.223 e. The minimum atomic E-state index is 0.0871. The highest BCUT2D eigenvalue weighted by atomic mass is 32.1. The lowest BCUT2D eigenvalue weighted by Gasteiger charge is -2.13. The topological polar surface area (TPSA) is 88.8 Å². The maximum atomic E-state index is 5.71. The van der Waals surface area contributed by atoms with E-state index in [2.05, 4.69) is 39.4 Å². The van der Waals surface area contributed by atoms with E-state index in [1.54, 1.807) is 11.3 Å². The number of anilines is 3. The van der Waals surface area contributed by atoms with E-state index in [9.17, 15) is 0 Å². The van der Waals surface area contributed by atoms with Crippen molar-refractivity contribution in [1.82, 2.24) is 15.0 Å². The monoisotopic (exact) mass is 292 g/mol. The molecule has 2 aromatic heterocycles. The zero-order valence-electron chi connectivity index (χ0n) is 12.0. The first-order chi connectivity index (χ1) is 9.62. The highest BCUT2D eigenvalue weighted by molar-refractivity contribution is 7.11. The molecule has 20 heavy (non-hydrogen) atoms. The number of nitrogens with one attached hydrogen (secondary N) is 2. The first-order valence-corrected chi connectivity index (χ1v) is 7.53. The van der Waals surface area contributed by atoms with Crippen LogP contribution in [0.1, 0.15) is 36.7 Å². The summed E-state index contributed by atoms with van der Waals surface area (Å²) in [6, 6.07) is 1.94. The van der Waals surface area contributed by atoms with Crippen molar-refractivity contribution in [2.45, 2.75) is 33.2 Å². The minimum absolute atomic E-state index is 0.0871. The maximum absolute atomic E-state index is 5.71. The second-order valence-corrected chi connectivity index (χ2v) is 5.56. The van der Waals surface area contributed by atoms with Gasteiger partial charge < -0.3 is 16.4 Å². The van der Waals surface area contributed by atoms with Crippen molar-refractivity contribution in [2.75, 3.05) is 22.9 Å². The van der Waals surface area contributed by atoms with Crippen molar-refractivity contribution in [1.29, 1.82) is 0 Å². The fourth-order valence-electron chi connectivity index (χ4n) is 1.78. The SMILES string of the molecule is CCNc1cc(NC(C)c2ncc(CC)s2)nc(N)n1. The zero-order valence-corrected chi connectivity index (χ0v) is 12.8. The van der Waals surface area contributed by atoms with Crippen LogP contribution in [0.2, 0.25) is 0 Å². The van der Waals surface area contributed by atoms with Crippen LogP contribution in [0, 0.1) is 0 Å². The molecule has 0 aliphatic heterocycles. The van der Waals surface area contributed by atoms with Crippen LogP contribution in [0.5, 0.6) is 0 Å². The van der Waals surface area contributed by atoms with Gasteiger partial charge in [-0.25, -0.2) is 4.98 Å². The Kier molecular flexibility index (Phi) is 4.73. The number of hydrogen-bond donors (Lipinski definition) is 3. The van der Waals surface area contributed by atoms with Gasteiger partial charge in [-0.05, 0) is 20.3 Å². The van der Waals surface area contributed by atoms with E-state index in [1.165, 1.54) is 4.88 Å². The Balaban J connectivity index is 2.12. The summed E-state index contributed by atoms with van der Waals surface area (Å²) < 4.78 is 0. The van der Waals surface area contributed by atoms with Crippen molar-refractivity contribution in [3.8, 4) is 0 Å². The summed E-state index contributed by atoms with van der Waals surface area (Å²) in [5, 5.41) is 7.49. The molecule has 0 spiro atoms. The van der Waals surface area contributed by atoms with Gasteiger partial charge in [-0.2, -0.15) is 9.97 Å². The second-order valence-electron chi connectivity index (χ2n) is 4.41. The predicted molar refractivity (Wildman–Crippen MR) is 84.1 cm³/mol. The van der Waals surface area contributed by atoms with Crippen LogP contribution in [0.25, 0.3) is 0 Å². The number of rotatable bonds is 6. The highest BCUT2D eigenvalue weighted by Crippen LogP contribution is 2.24. The van der Waals surface area contributed by atoms with E-state index in [-0.39, 0.29) is 12.0 Å². The van der Waals surface area contributed by atoms with E-state index < -0.39 is 0 Å². The summed E-state index contributed by atoms with van der Waals surface area (Å²) in [5.41, 5.74) is 5.71. The Morgan fingerprint density at radius 2 is 2.05 bits per heavy atom. The number of aromatic nitrogens is 3. The van der Waals surface area contributed by atoms with E-state index in [4.69, 9.17) is 5.73 Å². The molecule has 2 rings (SSSR count). The molecule has 6 nitrogen and oxygen atoms in total. The van der Waals surface area contributed by atoms with Gasteiger partial charge in [-0.15, -0.1) is 11.3 Å². The molecule has 2 aromatic rings. The third-order valence-electron chi connectivity index (χ3n) is 2.76. The summed E-state index contributed by atoms with van der Waals surface area (Å²) in [6.07, 6.45) is 2.94. The third kappa shape index (κ3) is 3.57. The second kappa shape index (κ2) is 6.51. The predicted octanol–water partition coefficient (Wildman–Crippen LogP) is 2.68. The number of aryl methyl sites for hydroxylation is 1. The average molecular weight is 292 g/mol. The number of hydrogen-bond acceptors (Lipinski definition) is 7. The number of nitrogen functional groups attached to an aromatic ring is 1. The van der Waals surface area contributed by atoms with Crippen molar-refractivity contribution >= 4 is 28.9 Å². The molecule has 4 N–H and O–H groups in total. The standard InChI is InChI=1S/C13H20N6S/c1-4-9-7-16-12(20-9)8(3)17-11-6-10(15-5-2)18-13(14)19-11/h6-8H,4-5H2,1-3H3,(H4,14,15,17,18,19). The Morgan fingerprint density at radius 1 is 1.30 bits per heavy atom. The Hall–Kier alpha value is -1.89. The zero-order chi connectivity index (χ0) is 14.5. The molecular formula is C13H20N6S. The molecule has 0 aliphatic carbocycles. The van der Waals surface area contributed by atoms with Gasteiger partial charge in [0.15, 0.2) is 0 Å². The molecular weight excluding hydrogens is 272 g/mol. The van der Waals surface area contributed by atoms with Crippen LogP contribution in [0.4, 0.5) is 17.6 Å². The van der Waals surface area contributed by atoms with Gasteiger partial charge >= 0.3 is 0 Å². The molecule has 0 saturated carbocycles. The van der Waals surface area contributed by atoms with Gasteiger partial charge in [-0.3, -0.25) is 0 Å². The normalized spacial score (nSPS) is 12.2. The largest absolute Gasteiger partial charge is 0.370 e. The lowest BCUT2D eigenvalue weighted by molar-refractivity contribution is 0.859. The molecule has 1 unspecified atom stereocenters. The van der Waals surface area contributed by atoms with Crippen LogP contribution in [0.3, 0.4) is 0 Å². The van der Waals surface area contributed by atoms with Crippen LogP contribution >= 0.6 is 11.3 Å². The van der Waals surface area contributed by atoms with Crippen molar-refractivity contribution in [3.63, 3.8) is 0 Å². The van der Waals surface area contributed by atoms with Crippen LogP contribution < -0.4 is 16.4 Å². The number of nitrogens with two attached hydrogens (primary N) is 1. The molecule has 2 heterocycles.